The number of aromatic nitrogens is 2. The number of hydrogen-bond donors (Lipinski definition) is 2. The van der Waals surface area contributed by atoms with Crippen LogP contribution in [0, 0.1) is 0 Å². The van der Waals surface area contributed by atoms with Crippen LogP contribution in [0.25, 0.3) is 61.1 Å². The molecule has 7 rings (SSSR count). The number of rotatable bonds is 5. The molecule has 0 fully saturated rings. The third-order valence-corrected chi connectivity index (χ3v) is 7.42. The lowest BCUT2D eigenvalue weighted by Gasteiger charge is -2.12. The van der Waals surface area contributed by atoms with Gasteiger partial charge in [-0.2, -0.15) is 0 Å². The summed E-state index contributed by atoms with van der Waals surface area (Å²) in [5, 5.41) is 21.8. The van der Waals surface area contributed by atoms with Gasteiger partial charge >= 0.3 is 7.12 Å². The van der Waals surface area contributed by atoms with Crippen LogP contribution in [0.2, 0.25) is 0 Å². The highest BCUT2D eigenvalue weighted by molar-refractivity contribution is 6.59. The molecule has 4 nitrogen and oxygen atoms in total. The Bertz CT molecular complexity index is 1910. The first-order valence-corrected chi connectivity index (χ1v) is 13.3. The average Bonchev–Trinajstić information content (AvgIpc) is 3.35. The van der Waals surface area contributed by atoms with Crippen LogP contribution in [-0.4, -0.2) is 26.7 Å². The number of benzene rings is 5. The van der Waals surface area contributed by atoms with Crippen LogP contribution in [0.4, 0.5) is 0 Å². The number of fused-ring (bicyclic) bond motifs is 3. The lowest BCUT2D eigenvalue weighted by atomic mass is 9.80. The minimum absolute atomic E-state index is 0.462. The Morgan fingerprint density at radius 2 is 1.05 bits per heavy atom. The van der Waals surface area contributed by atoms with Gasteiger partial charge in [-0.3, -0.25) is 0 Å². The summed E-state index contributed by atoms with van der Waals surface area (Å²) in [6.45, 7) is 0. The molecule has 2 heterocycles. The van der Waals surface area contributed by atoms with E-state index < -0.39 is 7.12 Å². The molecule has 2 aromatic heterocycles. The predicted molar refractivity (Wildman–Crippen MR) is 165 cm³/mol. The highest BCUT2D eigenvalue weighted by Crippen LogP contribution is 2.34. The van der Waals surface area contributed by atoms with E-state index in [1.54, 1.807) is 6.07 Å². The molecule has 7 aromatic rings. The van der Waals surface area contributed by atoms with Crippen molar-refractivity contribution in [3.05, 3.63) is 140 Å². The minimum atomic E-state index is -1.53. The first-order valence-electron chi connectivity index (χ1n) is 13.3. The number of hydrogen-bond acceptors (Lipinski definition) is 3. The molecular weight excluding hydrogens is 491 g/mol. The third-order valence-electron chi connectivity index (χ3n) is 7.42. The first-order chi connectivity index (χ1) is 19.7. The van der Waals surface area contributed by atoms with Gasteiger partial charge in [-0.25, -0.2) is 4.98 Å². The molecule has 2 N–H and O–H groups in total. The van der Waals surface area contributed by atoms with Gasteiger partial charge in [-0.15, -0.1) is 0 Å². The SMILES string of the molecule is OB(O)c1ccc2c3ccccc3n(-c3ccc(-c4cc(-c5ccccc5)cc(-c5ccccc5)n4)cc3)c2c1. The van der Waals surface area contributed by atoms with Crippen LogP contribution < -0.4 is 5.46 Å². The molecule has 190 valence electrons. The second-order valence-corrected chi connectivity index (χ2v) is 9.91. The molecule has 0 atom stereocenters. The van der Waals surface area contributed by atoms with Crippen LogP contribution in [0.3, 0.4) is 0 Å². The minimum Gasteiger partial charge on any atom is -0.423 e. The smallest absolute Gasteiger partial charge is 0.423 e. The van der Waals surface area contributed by atoms with Crippen molar-refractivity contribution < 1.29 is 10.0 Å². The zero-order valence-electron chi connectivity index (χ0n) is 21.6. The number of para-hydroxylation sites is 1. The monoisotopic (exact) mass is 516 g/mol. The van der Waals surface area contributed by atoms with E-state index in [9.17, 15) is 10.0 Å². The van der Waals surface area contributed by atoms with Crippen LogP contribution in [0.1, 0.15) is 0 Å². The van der Waals surface area contributed by atoms with Gasteiger partial charge in [0.25, 0.3) is 0 Å². The van der Waals surface area contributed by atoms with Crippen molar-refractivity contribution in [2.75, 3.05) is 0 Å². The zero-order valence-corrected chi connectivity index (χ0v) is 21.6. The van der Waals surface area contributed by atoms with Crippen LogP contribution in [0.15, 0.2) is 140 Å². The molecule has 5 aromatic carbocycles. The van der Waals surface area contributed by atoms with Gasteiger partial charge in [0, 0.05) is 27.6 Å². The Morgan fingerprint density at radius 1 is 0.475 bits per heavy atom. The number of nitrogens with zero attached hydrogens (tertiary/aromatic N) is 2. The number of pyridine rings is 1. The summed E-state index contributed by atoms with van der Waals surface area (Å²) in [5.74, 6) is 0. The molecule has 40 heavy (non-hydrogen) atoms. The topological polar surface area (TPSA) is 58.3 Å². The van der Waals surface area contributed by atoms with Crippen LogP contribution in [-0.2, 0) is 0 Å². The largest absolute Gasteiger partial charge is 0.488 e. The molecule has 0 aliphatic rings. The summed E-state index contributed by atoms with van der Waals surface area (Å²) in [7, 11) is -1.53. The van der Waals surface area contributed by atoms with E-state index in [4.69, 9.17) is 4.98 Å². The molecule has 0 bridgehead atoms. The molecule has 0 amide bonds. The van der Waals surface area contributed by atoms with Crippen molar-refractivity contribution in [1.29, 1.82) is 0 Å². The van der Waals surface area contributed by atoms with Gasteiger partial charge in [0.05, 0.1) is 22.4 Å². The predicted octanol–water partition coefficient (Wildman–Crippen LogP) is 6.86. The molecular formula is C35H25BN2O2. The Labute approximate surface area is 232 Å². The van der Waals surface area contributed by atoms with Gasteiger partial charge < -0.3 is 14.6 Å². The highest BCUT2D eigenvalue weighted by atomic mass is 16.4. The van der Waals surface area contributed by atoms with Crippen LogP contribution >= 0.6 is 0 Å². The quantitative estimate of drug-likeness (QED) is 0.246. The molecule has 0 saturated carbocycles. The maximum absolute atomic E-state index is 9.83. The van der Waals surface area contributed by atoms with E-state index in [0.717, 1.165) is 61.1 Å². The maximum Gasteiger partial charge on any atom is 0.488 e. The average molecular weight is 516 g/mol. The van der Waals surface area contributed by atoms with Gasteiger partial charge in [-0.1, -0.05) is 103 Å². The van der Waals surface area contributed by atoms with E-state index in [2.05, 4.69) is 89.5 Å². The summed E-state index contributed by atoms with van der Waals surface area (Å²) in [4.78, 5) is 5.06. The summed E-state index contributed by atoms with van der Waals surface area (Å²) in [5.41, 5.74) is 9.62. The molecule has 0 aliphatic heterocycles. The van der Waals surface area contributed by atoms with Crippen molar-refractivity contribution in [3.63, 3.8) is 0 Å². The van der Waals surface area contributed by atoms with Gasteiger partial charge in [0.2, 0.25) is 0 Å². The molecule has 0 radical (unpaired) electrons. The Morgan fingerprint density at radius 3 is 1.73 bits per heavy atom. The van der Waals surface area contributed by atoms with Gasteiger partial charge in [0.1, 0.15) is 0 Å². The van der Waals surface area contributed by atoms with E-state index in [1.165, 1.54) is 0 Å². The van der Waals surface area contributed by atoms with Crippen molar-refractivity contribution in [2.24, 2.45) is 0 Å². The lowest BCUT2D eigenvalue weighted by molar-refractivity contribution is 0.426. The Balaban J connectivity index is 1.37. The van der Waals surface area contributed by atoms with E-state index >= 15 is 0 Å². The van der Waals surface area contributed by atoms with E-state index in [0.29, 0.717) is 5.46 Å². The van der Waals surface area contributed by atoms with Gasteiger partial charge in [0.15, 0.2) is 0 Å². The first kappa shape index (κ1) is 24.1. The second kappa shape index (κ2) is 9.97. The van der Waals surface area contributed by atoms with Crippen molar-refractivity contribution in [2.45, 2.75) is 0 Å². The molecule has 0 unspecified atom stereocenters. The Kier molecular flexibility index (Phi) is 6.01. The lowest BCUT2D eigenvalue weighted by Crippen LogP contribution is -2.29. The fourth-order valence-electron chi connectivity index (χ4n) is 5.44. The normalized spacial score (nSPS) is 11.2. The van der Waals surface area contributed by atoms with Gasteiger partial charge in [-0.05, 0) is 53.0 Å². The third kappa shape index (κ3) is 4.28. The molecule has 5 heteroatoms. The molecule has 0 saturated heterocycles. The summed E-state index contributed by atoms with van der Waals surface area (Å²) in [6.07, 6.45) is 0. The Hall–Kier alpha value is -4.97. The highest BCUT2D eigenvalue weighted by Gasteiger charge is 2.17. The van der Waals surface area contributed by atoms with Crippen molar-refractivity contribution in [3.8, 4) is 39.3 Å². The summed E-state index contributed by atoms with van der Waals surface area (Å²) < 4.78 is 2.17. The van der Waals surface area contributed by atoms with E-state index in [-0.39, 0.29) is 0 Å². The zero-order chi connectivity index (χ0) is 27.1. The van der Waals surface area contributed by atoms with Crippen LogP contribution in [0.5, 0.6) is 0 Å². The maximum atomic E-state index is 9.83. The van der Waals surface area contributed by atoms with Crippen molar-refractivity contribution >= 4 is 34.4 Å². The second-order valence-electron chi connectivity index (χ2n) is 9.91. The van der Waals surface area contributed by atoms with Crippen molar-refractivity contribution in [1.82, 2.24) is 9.55 Å². The van der Waals surface area contributed by atoms with E-state index in [1.807, 2.05) is 48.5 Å². The standard InChI is InChI=1S/C35H25BN2O2/c39-36(40)28-17-20-31-30-13-7-8-14-34(30)38(35(31)23-28)29-18-15-26(16-19-29)33-22-27(24-9-3-1-4-10-24)21-32(37-33)25-11-5-2-6-12-25/h1-23,39-40H. The molecule has 0 aliphatic carbocycles. The fraction of sp³-hybridized carbons (Fsp3) is 0. The summed E-state index contributed by atoms with van der Waals surface area (Å²) in [6, 6.07) is 47.2. The fourth-order valence-corrected chi connectivity index (χ4v) is 5.44. The molecule has 0 spiro atoms. The summed E-state index contributed by atoms with van der Waals surface area (Å²) >= 11 is 0.